The molecule has 0 saturated heterocycles. The van der Waals surface area contributed by atoms with Gasteiger partial charge in [0.25, 0.3) is 11.5 Å². The first kappa shape index (κ1) is 27.9. The number of nitrogens with zero attached hydrogens (tertiary/aromatic N) is 3. The van der Waals surface area contributed by atoms with E-state index in [0.29, 0.717) is 56.0 Å². The van der Waals surface area contributed by atoms with Crippen molar-refractivity contribution in [2.45, 2.75) is 26.3 Å². The van der Waals surface area contributed by atoms with E-state index in [1.54, 1.807) is 51.9 Å². The van der Waals surface area contributed by atoms with Crippen molar-refractivity contribution in [2.75, 3.05) is 6.54 Å². The molecule has 1 aromatic heterocycles. The molecule has 0 bridgehead atoms. The lowest BCUT2D eigenvalue weighted by atomic mass is 10.1. The third kappa shape index (κ3) is 5.50. The summed E-state index contributed by atoms with van der Waals surface area (Å²) in [4.78, 5) is 34.7. The third-order valence-corrected chi connectivity index (χ3v) is 8.18. The highest BCUT2D eigenvalue weighted by atomic mass is 35.5. The second kappa shape index (κ2) is 11.8. The van der Waals surface area contributed by atoms with E-state index in [0.717, 1.165) is 11.1 Å². The molecular weight excluding hydrogens is 565 g/mol. The molecule has 0 fully saturated rings. The van der Waals surface area contributed by atoms with Crippen LogP contribution in [-0.4, -0.2) is 26.9 Å². The number of carbonyl (C=O) groups is 1. The monoisotopic (exact) mass is 589 g/mol. The van der Waals surface area contributed by atoms with Gasteiger partial charge >= 0.3 is 0 Å². The van der Waals surface area contributed by atoms with E-state index >= 15 is 0 Å². The second-order valence-corrected chi connectivity index (χ2v) is 10.8. The molecule has 1 amide bonds. The fourth-order valence-electron chi connectivity index (χ4n) is 4.80. The maximum atomic E-state index is 14.0. The van der Waals surface area contributed by atoms with Crippen molar-refractivity contribution in [2.24, 2.45) is 0 Å². The van der Waals surface area contributed by atoms with E-state index in [1.807, 2.05) is 62.4 Å². The van der Waals surface area contributed by atoms with Crippen molar-refractivity contribution in [3.8, 4) is 5.69 Å². The Kier molecular flexibility index (Phi) is 8.27. The van der Waals surface area contributed by atoms with E-state index in [2.05, 4.69) is 0 Å². The van der Waals surface area contributed by atoms with Crippen LogP contribution in [0.1, 0.15) is 40.3 Å². The molecule has 0 spiro atoms. The van der Waals surface area contributed by atoms with E-state index < -0.39 is 6.04 Å². The van der Waals surface area contributed by atoms with Crippen LogP contribution < -0.4 is 5.56 Å². The Hall–Kier alpha value is -3.64. The van der Waals surface area contributed by atoms with E-state index in [9.17, 15) is 9.59 Å². The van der Waals surface area contributed by atoms with Crippen molar-refractivity contribution in [1.82, 2.24) is 14.5 Å². The van der Waals surface area contributed by atoms with Crippen LogP contribution in [0.5, 0.6) is 0 Å². The lowest BCUT2D eigenvalue weighted by Crippen LogP contribution is -2.39. The minimum atomic E-state index is -0.596. The minimum Gasteiger partial charge on any atom is -0.328 e. The number of rotatable bonds is 7. The molecule has 0 N–H and O–H groups in total. The maximum Gasteiger partial charge on any atom is 0.266 e. The SMILES string of the molecule is Cc1c(Cl)cccc1-n1c(C(C)N(CCc2ccccc2)C(=O)c2ccc(Cl)c(Cl)c2)nc2ccccc2c1=O. The van der Waals surface area contributed by atoms with E-state index in [1.165, 1.54) is 0 Å². The summed E-state index contributed by atoms with van der Waals surface area (Å²) >= 11 is 18.9. The van der Waals surface area contributed by atoms with Crippen LogP contribution in [0.2, 0.25) is 15.1 Å². The van der Waals surface area contributed by atoms with Gasteiger partial charge in [-0.15, -0.1) is 0 Å². The van der Waals surface area contributed by atoms with Crippen LogP contribution in [-0.2, 0) is 6.42 Å². The molecule has 8 heteroatoms. The summed E-state index contributed by atoms with van der Waals surface area (Å²) in [6, 6.07) is 26.8. The quantitative estimate of drug-likeness (QED) is 0.192. The predicted molar refractivity (Wildman–Crippen MR) is 163 cm³/mol. The average molecular weight is 591 g/mol. The number of carbonyl (C=O) groups excluding carboxylic acids is 1. The summed E-state index contributed by atoms with van der Waals surface area (Å²) in [5, 5.41) is 1.66. The highest BCUT2D eigenvalue weighted by Gasteiger charge is 2.28. The molecule has 5 rings (SSSR count). The Bertz CT molecular complexity index is 1770. The molecule has 0 aliphatic heterocycles. The van der Waals surface area contributed by atoms with Gasteiger partial charge in [-0.2, -0.15) is 0 Å². The fraction of sp³-hybridized carbons (Fsp3) is 0.156. The van der Waals surface area contributed by atoms with Gasteiger partial charge in [0.15, 0.2) is 0 Å². The van der Waals surface area contributed by atoms with Crippen molar-refractivity contribution in [1.29, 1.82) is 0 Å². The Morgan fingerprint density at radius 2 is 1.60 bits per heavy atom. The van der Waals surface area contributed by atoms with Gasteiger partial charge < -0.3 is 4.90 Å². The van der Waals surface area contributed by atoms with Gasteiger partial charge in [0, 0.05) is 17.1 Å². The summed E-state index contributed by atoms with van der Waals surface area (Å²) in [6.07, 6.45) is 0.603. The predicted octanol–water partition coefficient (Wildman–Crippen LogP) is 8.10. The summed E-state index contributed by atoms with van der Waals surface area (Å²) < 4.78 is 1.58. The number of halogens is 3. The highest BCUT2D eigenvalue weighted by Crippen LogP contribution is 2.29. The van der Waals surface area contributed by atoms with Crippen molar-refractivity contribution in [3.63, 3.8) is 0 Å². The van der Waals surface area contributed by atoms with Gasteiger partial charge in [0.05, 0.1) is 32.7 Å². The van der Waals surface area contributed by atoms with Gasteiger partial charge in [-0.05, 0) is 73.9 Å². The molecule has 1 atom stereocenters. The number of aromatic nitrogens is 2. The van der Waals surface area contributed by atoms with Gasteiger partial charge in [-0.25, -0.2) is 4.98 Å². The van der Waals surface area contributed by atoms with Gasteiger partial charge in [-0.3, -0.25) is 14.2 Å². The summed E-state index contributed by atoms with van der Waals surface area (Å²) in [5.41, 5.74) is 3.14. The van der Waals surface area contributed by atoms with Crippen molar-refractivity contribution >= 4 is 51.6 Å². The first-order chi connectivity index (χ1) is 19.3. The van der Waals surface area contributed by atoms with Crippen molar-refractivity contribution < 1.29 is 4.79 Å². The standard InChI is InChI=1S/C32H26Cl3N3O2/c1-20-25(33)12-8-14-29(20)38-30(36-28-13-7-6-11-24(28)32(38)40)21(2)37(18-17-22-9-4-3-5-10-22)31(39)23-15-16-26(34)27(35)19-23/h3-16,19,21H,17-18H2,1-2H3. The van der Waals surface area contributed by atoms with E-state index in [4.69, 9.17) is 39.8 Å². The number of fused-ring (bicyclic) bond motifs is 1. The Morgan fingerprint density at radius 3 is 2.35 bits per heavy atom. The van der Waals surface area contributed by atoms with Gasteiger partial charge in [0.1, 0.15) is 5.82 Å². The molecule has 40 heavy (non-hydrogen) atoms. The molecule has 4 aromatic carbocycles. The van der Waals surface area contributed by atoms with Gasteiger partial charge in [-0.1, -0.05) is 83.3 Å². The highest BCUT2D eigenvalue weighted by molar-refractivity contribution is 6.42. The topological polar surface area (TPSA) is 55.2 Å². The number of hydrogen-bond donors (Lipinski definition) is 0. The second-order valence-electron chi connectivity index (χ2n) is 9.55. The minimum absolute atomic E-state index is 0.234. The Balaban J connectivity index is 1.69. The van der Waals surface area contributed by atoms with Crippen LogP contribution in [0.25, 0.3) is 16.6 Å². The zero-order valence-corrected chi connectivity index (χ0v) is 24.2. The Morgan fingerprint density at radius 1 is 0.875 bits per heavy atom. The Labute approximate surface area is 247 Å². The fourth-order valence-corrected chi connectivity index (χ4v) is 5.27. The maximum absolute atomic E-state index is 14.0. The van der Waals surface area contributed by atoms with Crippen LogP contribution >= 0.6 is 34.8 Å². The first-order valence-corrected chi connectivity index (χ1v) is 14.0. The summed E-state index contributed by atoms with van der Waals surface area (Å²) in [7, 11) is 0. The molecule has 0 aliphatic carbocycles. The van der Waals surface area contributed by atoms with E-state index in [-0.39, 0.29) is 11.5 Å². The van der Waals surface area contributed by atoms with Crippen LogP contribution in [0.4, 0.5) is 0 Å². The van der Waals surface area contributed by atoms with Gasteiger partial charge in [0.2, 0.25) is 0 Å². The normalized spacial score (nSPS) is 11.9. The third-order valence-electron chi connectivity index (χ3n) is 7.03. The molecule has 1 unspecified atom stereocenters. The molecule has 202 valence electrons. The first-order valence-electron chi connectivity index (χ1n) is 12.8. The zero-order valence-electron chi connectivity index (χ0n) is 21.9. The largest absolute Gasteiger partial charge is 0.328 e. The summed E-state index contributed by atoms with van der Waals surface area (Å²) in [6.45, 7) is 4.12. The average Bonchev–Trinajstić information content (AvgIpc) is 2.96. The smallest absolute Gasteiger partial charge is 0.266 e. The van der Waals surface area contributed by atoms with Crippen molar-refractivity contribution in [3.05, 3.63) is 139 Å². The zero-order chi connectivity index (χ0) is 28.4. The number of amides is 1. The van der Waals surface area contributed by atoms with Crippen LogP contribution in [0, 0.1) is 6.92 Å². The molecular formula is C32H26Cl3N3O2. The summed E-state index contributed by atoms with van der Waals surface area (Å²) in [5.74, 6) is 0.175. The van der Waals surface area contributed by atoms with Crippen LogP contribution in [0.3, 0.4) is 0 Å². The number of hydrogen-bond acceptors (Lipinski definition) is 3. The molecule has 0 saturated carbocycles. The molecule has 1 heterocycles. The molecule has 0 aliphatic rings. The number of benzene rings is 4. The lowest BCUT2D eigenvalue weighted by Gasteiger charge is -2.31. The van der Waals surface area contributed by atoms with Crippen LogP contribution in [0.15, 0.2) is 95.8 Å². The molecule has 5 nitrogen and oxygen atoms in total. The lowest BCUT2D eigenvalue weighted by molar-refractivity contribution is 0.0683. The molecule has 5 aromatic rings. The number of para-hydroxylation sites is 1. The molecule has 0 radical (unpaired) electrons.